The lowest BCUT2D eigenvalue weighted by Gasteiger charge is -2.34. The second kappa shape index (κ2) is 3.54. The lowest BCUT2D eigenvalue weighted by Crippen LogP contribution is -2.43. The summed E-state index contributed by atoms with van der Waals surface area (Å²) in [6.45, 7) is 0.00162. The average Bonchev–Trinajstić information content (AvgIpc) is 2.18. The SMILES string of the molecule is NC1(CO)CCCc2cc(Cl)ccc21. The third-order valence-corrected chi connectivity index (χ3v) is 3.19. The van der Waals surface area contributed by atoms with Gasteiger partial charge in [-0.05, 0) is 42.5 Å². The maximum atomic E-state index is 9.31. The highest BCUT2D eigenvalue weighted by atomic mass is 35.5. The van der Waals surface area contributed by atoms with E-state index in [1.165, 1.54) is 5.56 Å². The Balaban J connectivity index is 2.50. The van der Waals surface area contributed by atoms with E-state index < -0.39 is 5.54 Å². The summed E-state index contributed by atoms with van der Waals surface area (Å²) in [7, 11) is 0. The molecule has 0 aromatic heterocycles. The van der Waals surface area contributed by atoms with Crippen LogP contribution in [0.2, 0.25) is 5.02 Å². The summed E-state index contributed by atoms with van der Waals surface area (Å²) in [5.74, 6) is 0. The van der Waals surface area contributed by atoms with Crippen LogP contribution in [-0.2, 0) is 12.0 Å². The zero-order chi connectivity index (χ0) is 10.2. The van der Waals surface area contributed by atoms with E-state index in [4.69, 9.17) is 17.3 Å². The van der Waals surface area contributed by atoms with Crippen LogP contribution in [0.4, 0.5) is 0 Å². The van der Waals surface area contributed by atoms with Crippen LogP contribution in [0.25, 0.3) is 0 Å². The van der Waals surface area contributed by atoms with Gasteiger partial charge in [0.05, 0.1) is 12.1 Å². The van der Waals surface area contributed by atoms with Crippen LogP contribution in [-0.4, -0.2) is 11.7 Å². The molecule has 0 amide bonds. The predicted molar refractivity (Wildman–Crippen MR) is 57.3 cm³/mol. The molecule has 1 aromatic rings. The van der Waals surface area contributed by atoms with Gasteiger partial charge in [0, 0.05) is 5.02 Å². The van der Waals surface area contributed by atoms with Crippen molar-refractivity contribution in [2.75, 3.05) is 6.61 Å². The first-order chi connectivity index (χ1) is 6.65. The number of halogens is 1. The molecule has 2 rings (SSSR count). The molecular formula is C11H14ClNO. The highest BCUT2D eigenvalue weighted by Crippen LogP contribution is 2.34. The number of nitrogens with two attached hydrogens (primary N) is 1. The molecule has 0 saturated heterocycles. The van der Waals surface area contributed by atoms with Crippen LogP contribution >= 0.6 is 11.6 Å². The molecule has 1 aromatic carbocycles. The van der Waals surface area contributed by atoms with Crippen LogP contribution in [0.3, 0.4) is 0 Å². The van der Waals surface area contributed by atoms with Gasteiger partial charge in [-0.3, -0.25) is 0 Å². The van der Waals surface area contributed by atoms with E-state index in [2.05, 4.69) is 0 Å². The Bertz CT molecular complexity index is 353. The number of hydrogen-bond donors (Lipinski definition) is 2. The van der Waals surface area contributed by atoms with E-state index in [-0.39, 0.29) is 6.61 Å². The summed E-state index contributed by atoms with van der Waals surface area (Å²) in [6, 6.07) is 5.73. The Kier molecular flexibility index (Phi) is 2.52. The monoisotopic (exact) mass is 211 g/mol. The fourth-order valence-corrected chi connectivity index (χ4v) is 2.34. The standard InChI is InChI=1S/C11H14ClNO/c12-9-3-4-10-8(6-9)2-1-5-11(10,13)7-14/h3-4,6,14H,1-2,5,7,13H2. The third-order valence-electron chi connectivity index (χ3n) is 2.95. The molecule has 1 aliphatic rings. The molecule has 2 nitrogen and oxygen atoms in total. The maximum absolute atomic E-state index is 9.31. The van der Waals surface area contributed by atoms with E-state index in [0.29, 0.717) is 0 Å². The Morgan fingerprint density at radius 1 is 1.50 bits per heavy atom. The summed E-state index contributed by atoms with van der Waals surface area (Å²) in [4.78, 5) is 0. The zero-order valence-electron chi connectivity index (χ0n) is 7.96. The van der Waals surface area contributed by atoms with Crippen LogP contribution in [0.15, 0.2) is 18.2 Å². The molecule has 0 saturated carbocycles. The Labute approximate surface area is 88.7 Å². The summed E-state index contributed by atoms with van der Waals surface area (Å²) in [5.41, 5.74) is 7.80. The Hall–Kier alpha value is -0.570. The number of aryl methyl sites for hydroxylation is 1. The van der Waals surface area contributed by atoms with Gasteiger partial charge >= 0.3 is 0 Å². The number of aliphatic hydroxyl groups is 1. The molecular weight excluding hydrogens is 198 g/mol. The third kappa shape index (κ3) is 1.54. The molecule has 0 fully saturated rings. The van der Waals surface area contributed by atoms with Crippen molar-refractivity contribution in [2.45, 2.75) is 24.8 Å². The van der Waals surface area contributed by atoms with Crippen molar-refractivity contribution >= 4 is 11.6 Å². The highest BCUT2D eigenvalue weighted by molar-refractivity contribution is 6.30. The molecule has 0 radical (unpaired) electrons. The lowest BCUT2D eigenvalue weighted by molar-refractivity contribution is 0.179. The van der Waals surface area contributed by atoms with Crippen molar-refractivity contribution in [3.05, 3.63) is 34.3 Å². The summed E-state index contributed by atoms with van der Waals surface area (Å²) in [6.07, 6.45) is 2.87. The van der Waals surface area contributed by atoms with E-state index in [9.17, 15) is 5.11 Å². The molecule has 3 N–H and O–H groups in total. The molecule has 0 heterocycles. The van der Waals surface area contributed by atoms with Crippen molar-refractivity contribution in [3.8, 4) is 0 Å². The fraction of sp³-hybridized carbons (Fsp3) is 0.455. The molecule has 0 spiro atoms. The Morgan fingerprint density at radius 3 is 3.00 bits per heavy atom. The van der Waals surface area contributed by atoms with Crippen LogP contribution in [0, 0.1) is 0 Å². The van der Waals surface area contributed by atoms with Gasteiger partial charge in [-0.1, -0.05) is 17.7 Å². The minimum atomic E-state index is -0.557. The molecule has 1 aliphatic carbocycles. The minimum absolute atomic E-state index is 0.00162. The van der Waals surface area contributed by atoms with Crippen molar-refractivity contribution in [3.63, 3.8) is 0 Å². The highest BCUT2D eigenvalue weighted by Gasteiger charge is 2.31. The van der Waals surface area contributed by atoms with Crippen molar-refractivity contribution in [1.82, 2.24) is 0 Å². The van der Waals surface area contributed by atoms with Gasteiger partial charge in [0.2, 0.25) is 0 Å². The van der Waals surface area contributed by atoms with Crippen LogP contribution in [0.1, 0.15) is 24.0 Å². The number of rotatable bonds is 1. The first kappa shape index (κ1) is 9.97. The van der Waals surface area contributed by atoms with Crippen molar-refractivity contribution in [2.24, 2.45) is 5.73 Å². The number of benzene rings is 1. The number of hydrogen-bond acceptors (Lipinski definition) is 2. The Morgan fingerprint density at radius 2 is 2.29 bits per heavy atom. The second-order valence-electron chi connectivity index (χ2n) is 3.97. The topological polar surface area (TPSA) is 46.2 Å². The van der Waals surface area contributed by atoms with Gasteiger partial charge in [-0.2, -0.15) is 0 Å². The van der Waals surface area contributed by atoms with E-state index >= 15 is 0 Å². The summed E-state index contributed by atoms with van der Waals surface area (Å²) in [5, 5.41) is 10.0. The summed E-state index contributed by atoms with van der Waals surface area (Å²) < 4.78 is 0. The average molecular weight is 212 g/mol. The predicted octanol–water partition coefficient (Wildman–Crippen LogP) is 1.82. The molecule has 14 heavy (non-hydrogen) atoms. The molecule has 1 atom stereocenters. The summed E-state index contributed by atoms with van der Waals surface area (Å²) >= 11 is 5.91. The largest absolute Gasteiger partial charge is 0.394 e. The fourth-order valence-electron chi connectivity index (χ4n) is 2.15. The van der Waals surface area contributed by atoms with Gasteiger partial charge in [-0.15, -0.1) is 0 Å². The zero-order valence-corrected chi connectivity index (χ0v) is 8.72. The maximum Gasteiger partial charge on any atom is 0.0653 e. The van der Waals surface area contributed by atoms with Gasteiger partial charge in [-0.25, -0.2) is 0 Å². The first-order valence-electron chi connectivity index (χ1n) is 4.84. The van der Waals surface area contributed by atoms with Gasteiger partial charge < -0.3 is 10.8 Å². The van der Waals surface area contributed by atoms with Gasteiger partial charge in [0.15, 0.2) is 0 Å². The number of aliphatic hydroxyl groups excluding tert-OH is 1. The van der Waals surface area contributed by atoms with E-state index in [1.807, 2.05) is 18.2 Å². The lowest BCUT2D eigenvalue weighted by atomic mass is 9.78. The van der Waals surface area contributed by atoms with Gasteiger partial charge in [0.25, 0.3) is 0 Å². The molecule has 76 valence electrons. The van der Waals surface area contributed by atoms with E-state index in [1.54, 1.807) is 0 Å². The molecule has 1 unspecified atom stereocenters. The first-order valence-corrected chi connectivity index (χ1v) is 5.22. The smallest absolute Gasteiger partial charge is 0.0653 e. The normalized spacial score (nSPS) is 25.9. The quantitative estimate of drug-likeness (QED) is 0.745. The van der Waals surface area contributed by atoms with E-state index in [0.717, 1.165) is 29.8 Å². The van der Waals surface area contributed by atoms with Gasteiger partial charge in [0.1, 0.15) is 0 Å². The second-order valence-corrected chi connectivity index (χ2v) is 4.41. The van der Waals surface area contributed by atoms with Crippen molar-refractivity contribution < 1.29 is 5.11 Å². The molecule has 3 heteroatoms. The number of fused-ring (bicyclic) bond motifs is 1. The minimum Gasteiger partial charge on any atom is -0.394 e. The van der Waals surface area contributed by atoms with Crippen LogP contribution < -0.4 is 5.73 Å². The van der Waals surface area contributed by atoms with Crippen LogP contribution in [0.5, 0.6) is 0 Å². The molecule has 0 bridgehead atoms. The van der Waals surface area contributed by atoms with Crippen molar-refractivity contribution in [1.29, 1.82) is 0 Å². The molecule has 0 aliphatic heterocycles.